The number of hydrogen-bond acceptors (Lipinski definition) is 5. The molecule has 1 aromatic heterocycles. The maximum Gasteiger partial charge on any atom is 0.306 e. The van der Waals surface area contributed by atoms with Crippen molar-refractivity contribution in [3.8, 4) is 0 Å². The quantitative estimate of drug-likeness (QED) is 0.634. The zero-order valence-electron chi connectivity index (χ0n) is 19.4. The molecule has 0 bridgehead atoms. The number of carbonyl (C=O) groups is 2. The molecule has 5 aliphatic rings. The number of esters is 1. The molecule has 2 heterocycles. The summed E-state index contributed by atoms with van der Waals surface area (Å²) in [7, 11) is 0. The predicted molar refractivity (Wildman–Crippen MR) is 118 cm³/mol. The van der Waals surface area contributed by atoms with Gasteiger partial charge in [-0.25, -0.2) is 0 Å². The fourth-order valence-electron chi connectivity index (χ4n) is 8.90. The molecule has 172 valence electrons. The van der Waals surface area contributed by atoms with Crippen LogP contribution in [0.2, 0.25) is 0 Å². The van der Waals surface area contributed by atoms with Crippen LogP contribution in [-0.2, 0) is 14.3 Å². The second-order valence-corrected chi connectivity index (χ2v) is 11.7. The highest BCUT2D eigenvalue weighted by molar-refractivity contribution is 5.91. The number of hydrogen-bond donors (Lipinski definition) is 1. The van der Waals surface area contributed by atoms with E-state index in [1.807, 2.05) is 19.1 Å². The molecule has 32 heavy (non-hydrogen) atoms. The van der Waals surface area contributed by atoms with Crippen LogP contribution in [0.3, 0.4) is 0 Å². The van der Waals surface area contributed by atoms with E-state index in [-0.39, 0.29) is 40.3 Å². The average molecular weight is 439 g/mol. The second-order valence-electron chi connectivity index (χ2n) is 11.7. The van der Waals surface area contributed by atoms with Gasteiger partial charge in [-0.05, 0) is 86.8 Å². The molecule has 3 unspecified atom stereocenters. The number of fused-ring (bicyclic) bond motifs is 6. The SMILES string of the molecule is Cc1ccc([C@@H]2CC3=CC(=O)CC[C@]3(C)C3C(O)C[C@@]4(C)[C@@H](CCC45CCC(=O)O5)[C@@H]32)o1. The van der Waals surface area contributed by atoms with E-state index in [4.69, 9.17) is 9.15 Å². The van der Waals surface area contributed by atoms with Crippen LogP contribution < -0.4 is 0 Å². The molecule has 6 rings (SSSR count). The van der Waals surface area contributed by atoms with Crippen molar-refractivity contribution in [2.45, 2.75) is 89.8 Å². The Morgan fingerprint density at radius 2 is 1.91 bits per heavy atom. The Labute approximate surface area is 189 Å². The topological polar surface area (TPSA) is 76.7 Å². The van der Waals surface area contributed by atoms with Crippen LogP contribution >= 0.6 is 0 Å². The maximum atomic E-state index is 12.4. The molecule has 4 fully saturated rings. The van der Waals surface area contributed by atoms with Crippen LogP contribution in [0.1, 0.15) is 82.7 Å². The molecular formula is C27H34O5. The molecule has 1 aliphatic heterocycles. The zero-order chi connectivity index (χ0) is 22.5. The van der Waals surface area contributed by atoms with Gasteiger partial charge in [0.25, 0.3) is 0 Å². The van der Waals surface area contributed by atoms with Crippen LogP contribution in [0.4, 0.5) is 0 Å². The predicted octanol–water partition coefficient (Wildman–Crippen LogP) is 4.86. The van der Waals surface area contributed by atoms with Gasteiger partial charge >= 0.3 is 5.97 Å². The van der Waals surface area contributed by atoms with E-state index in [1.54, 1.807) is 0 Å². The number of aliphatic hydroxyl groups excluding tert-OH is 1. The van der Waals surface area contributed by atoms with Crippen molar-refractivity contribution >= 4 is 11.8 Å². The summed E-state index contributed by atoms with van der Waals surface area (Å²) in [6.07, 6.45) is 7.38. The van der Waals surface area contributed by atoms with E-state index >= 15 is 0 Å². The van der Waals surface area contributed by atoms with Crippen molar-refractivity contribution in [2.75, 3.05) is 0 Å². The van der Waals surface area contributed by atoms with Gasteiger partial charge in [0.05, 0.1) is 6.10 Å². The summed E-state index contributed by atoms with van der Waals surface area (Å²) >= 11 is 0. The van der Waals surface area contributed by atoms with E-state index in [9.17, 15) is 14.7 Å². The first-order valence-corrected chi connectivity index (χ1v) is 12.4. The van der Waals surface area contributed by atoms with Crippen molar-refractivity contribution in [2.24, 2.45) is 28.6 Å². The van der Waals surface area contributed by atoms with Gasteiger partial charge in [-0.3, -0.25) is 9.59 Å². The second kappa shape index (κ2) is 6.59. The molecule has 0 radical (unpaired) electrons. The van der Waals surface area contributed by atoms with E-state index in [0.29, 0.717) is 25.2 Å². The molecule has 8 atom stereocenters. The molecule has 1 N–H and O–H groups in total. The summed E-state index contributed by atoms with van der Waals surface area (Å²) in [5.74, 6) is 2.79. The lowest BCUT2D eigenvalue weighted by Gasteiger charge is -2.62. The summed E-state index contributed by atoms with van der Waals surface area (Å²) in [6.45, 7) is 6.52. The largest absolute Gasteiger partial charge is 0.466 e. The van der Waals surface area contributed by atoms with Gasteiger partial charge in [0, 0.05) is 24.2 Å². The van der Waals surface area contributed by atoms with Crippen molar-refractivity contribution < 1.29 is 23.8 Å². The highest BCUT2D eigenvalue weighted by Crippen LogP contribution is 2.71. The number of carbonyl (C=O) groups excluding carboxylic acids is 2. The lowest BCUT2D eigenvalue weighted by atomic mass is 9.43. The first-order chi connectivity index (χ1) is 15.2. The van der Waals surface area contributed by atoms with Crippen molar-refractivity contribution in [3.63, 3.8) is 0 Å². The molecule has 5 nitrogen and oxygen atoms in total. The Balaban J connectivity index is 1.50. The Bertz CT molecular complexity index is 1020. The summed E-state index contributed by atoms with van der Waals surface area (Å²) in [4.78, 5) is 24.6. The van der Waals surface area contributed by atoms with Gasteiger partial charge in [-0.1, -0.05) is 19.4 Å². The lowest BCUT2D eigenvalue weighted by molar-refractivity contribution is -0.188. The number of allylic oxidation sites excluding steroid dienone is 1. The van der Waals surface area contributed by atoms with Gasteiger partial charge in [0.2, 0.25) is 0 Å². The van der Waals surface area contributed by atoms with E-state index in [0.717, 1.165) is 43.6 Å². The lowest BCUT2D eigenvalue weighted by Crippen LogP contribution is -2.61. The third-order valence-corrected chi connectivity index (χ3v) is 10.4. The molecule has 1 aromatic rings. The first-order valence-electron chi connectivity index (χ1n) is 12.4. The number of ether oxygens (including phenoxy) is 1. The molecule has 4 aliphatic carbocycles. The minimum Gasteiger partial charge on any atom is -0.466 e. The van der Waals surface area contributed by atoms with Gasteiger partial charge in [-0.15, -0.1) is 0 Å². The maximum absolute atomic E-state index is 12.4. The monoisotopic (exact) mass is 438 g/mol. The Hall–Kier alpha value is -1.88. The normalized spacial score (nSPS) is 47.6. The number of furan rings is 1. The van der Waals surface area contributed by atoms with Gasteiger partial charge in [-0.2, -0.15) is 0 Å². The van der Waals surface area contributed by atoms with Crippen molar-refractivity contribution in [1.29, 1.82) is 0 Å². The third-order valence-electron chi connectivity index (χ3n) is 10.4. The van der Waals surface area contributed by atoms with Crippen LogP contribution in [0, 0.1) is 35.5 Å². The van der Waals surface area contributed by atoms with E-state index in [1.165, 1.54) is 5.57 Å². The van der Waals surface area contributed by atoms with E-state index < -0.39 is 11.7 Å². The van der Waals surface area contributed by atoms with Crippen molar-refractivity contribution in [1.82, 2.24) is 0 Å². The standard InChI is InChI=1S/C27H34O5/c1-15-4-5-21(31-15)18-13-16-12-17(28)6-9-25(16,2)24-20(29)14-26(3)19(23(18)24)7-10-27(26)11-8-22(30)32-27/h4-5,12,18-20,23-24,29H,6-11,13-14H2,1-3H3/t18-,19-,20?,23-,24?,25-,26-,27?/m0/s1. The number of ketones is 1. The van der Waals surface area contributed by atoms with Gasteiger partial charge < -0.3 is 14.3 Å². The zero-order valence-corrected chi connectivity index (χ0v) is 19.4. The summed E-state index contributed by atoms with van der Waals surface area (Å²) in [5, 5.41) is 11.8. The minimum absolute atomic E-state index is 0.0799. The van der Waals surface area contributed by atoms with Crippen LogP contribution in [-0.4, -0.2) is 28.6 Å². The first kappa shape index (κ1) is 20.7. The third kappa shape index (κ3) is 2.55. The molecule has 1 saturated heterocycles. The Morgan fingerprint density at radius 3 is 2.59 bits per heavy atom. The van der Waals surface area contributed by atoms with Gasteiger partial charge in [0.1, 0.15) is 17.1 Å². The molecule has 3 saturated carbocycles. The average Bonchev–Trinajstić information content (AvgIpc) is 3.40. The molecule has 0 amide bonds. The van der Waals surface area contributed by atoms with Crippen LogP contribution in [0.25, 0.3) is 0 Å². The Morgan fingerprint density at radius 1 is 1.09 bits per heavy atom. The molecule has 1 spiro atoms. The summed E-state index contributed by atoms with van der Waals surface area (Å²) in [5.41, 5.74) is 0.349. The fraction of sp³-hybridized carbons (Fsp3) is 0.704. The highest BCUT2D eigenvalue weighted by Gasteiger charge is 2.70. The minimum atomic E-state index is -0.490. The fourth-order valence-corrected chi connectivity index (χ4v) is 8.90. The van der Waals surface area contributed by atoms with Gasteiger partial charge in [0.15, 0.2) is 5.78 Å². The molecule has 5 heteroatoms. The van der Waals surface area contributed by atoms with Crippen molar-refractivity contribution in [3.05, 3.63) is 35.3 Å². The highest BCUT2D eigenvalue weighted by atomic mass is 16.6. The molecule has 0 aromatic carbocycles. The summed E-state index contributed by atoms with van der Waals surface area (Å²) in [6, 6.07) is 4.11. The van der Waals surface area contributed by atoms with Crippen LogP contribution in [0.15, 0.2) is 28.2 Å². The number of aliphatic hydroxyl groups is 1. The number of rotatable bonds is 1. The Kier molecular flexibility index (Phi) is 4.26. The van der Waals surface area contributed by atoms with E-state index in [2.05, 4.69) is 19.9 Å². The number of aryl methyl sites for hydroxylation is 1. The molecular weight excluding hydrogens is 404 g/mol. The smallest absolute Gasteiger partial charge is 0.306 e. The summed E-state index contributed by atoms with van der Waals surface area (Å²) < 4.78 is 12.3. The van der Waals surface area contributed by atoms with Crippen LogP contribution in [0.5, 0.6) is 0 Å².